The highest BCUT2D eigenvalue weighted by molar-refractivity contribution is 5.87. The molecule has 1 aromatic carbocycles. The van der Waals surface area contributed by atoms with Crippen LogP contribution < -0.4 is 4.74 Å². The molecule has 0 spiro atoms. The van der Waals surface area contributed by atoms with Gasteiger partial charge in [-0.05, 0) is 100 Å². The first-order valence-corrected chi connectivity index (χ1v) is 15.3. The van der Waals surface area contributed by atoms with Crippen LogP contribution in [0.25, 0.3) is 11.0 Å². The average Bonchev–Trinajstić information content (AvgIpc) is 3.66. The minimum atomic E-state index is -1.37. The van der Waals surface area contributed by atoms with E-state index in [2.05, 4.69) is 32.9 Å². The number of imidazole rings is 1. The molecule has 5 heterocycles. The first-order chi connectivity index (χ1) is 21.8. The topological polar surface area (TPSA) is 105 Å². The summed E-state index contributed by atoms with van der Waals surface area (Å²) in [7, 11) is 3.80. The number of aryl methyl sites for hydroxylation is 1. The molecule has 0 saturated heterocycles. The number of benzene rings is 1. The normalized spacial score (nSPS) is 18.7. The van der Waals surface area contributed by atoms with Gasteiger partial charge in [0.1, 0.15) is 11.3 Å². The molecule has 9 nitrogen and oxygen atoms in total. The predicted octanol–water partition coefficient (Wildman–Crippen LogP) is 6.08. The molecule has 3 aromatic heterocycles. The number of carboxylic acids is 1. The van der Waals surface area contributed by atoms with Gasteiger partial charge in [-0.2, -0.15) is 0 Å². The fourth-order valence-corrected chi connectivity index (χ4v) is 6.50. The number of pyridine rings is 1. The Hall–Kier alpha value is -4.88. The van der Waals surface area contributed by atoms with Crippen LogP contribution in [0.4, 0.5) is 4.39 Å². The number of carbonyl (C=O) groups is 1. The Morgan fingerprint density at radius 1 is 1.22 bits per heavy atom. The van der Waals surface area contributed by atoms with E-state index in [0.717, 1.165) is 28.9 Å². The second kappa shape index (κ2) is 11.5. The maximum atomic E-state index is 16.1. The molecule has 0 bridgehead atoms. The summed E-state index contributed by atoms with van der Waals surface area (Å²) in [5.74, 6) is 5.22. The van der Waals surface area contributed by atoms with Crippen LogP contribution in [-0.2, 0) is 28.4 Å². The number of aromatic amines is 1. The summed E-state index contributed by atoms with van der Waals surface area (Å²) >= 11 is 0. The van der Waals surface area contributed by atoms with E-state index in [1.807, 2.05) is 70.3 Å². The second-order valence-electron chi connectivity index (χ2n) is 13.0. The van der Waals surface area contributed by atoms with Crippen LogP contribution >= 0.6 is 0 Å². The first-order valence-electron chi connectivity index (χ1n) is 15.3. The van der Waals surface area contributed by atoms with Crippen molar-refractivity contribution < 1.29 is 23.8 Å². The summed E-state index contributed by atoms with van der Waals surface area (Å²) in [6.07, 6.45) is 10.8. The number of carboxylic acid groups (broad SMARTS) is 1. The van der Waals surface area contributed by atoms with Crippen molar-refractivity contribution in [3.05, 3.63) is 99.9 Å². The molecule has 2 N–H and O–H groups in total. The third-order valence-electron chi connectivity index (χ3n) is 8.72. The van der Waals surface area contributed by atoms with E-state index >= 15 is 4.39 Å². The number of halogens is 1. The van der Waals surface area contributed by atoms with Gasteiger partial charge in [-0.1, -0.05) is 0 Å². The molecule has 0 radical (unpaired) electrons. The molecule has 0 fully saturated rings. The fourth-order valence-electron chi connectivity index (χ4n) is 6.50. The number of H-pyrrole nitrogens is 1. The van der Waals surface area contributed by atoms with Gasteiger partial charge in [-0.3, -0.25) is 0 Å². The molecule has 0 amide bonds. The maximum Gasteiger partial charge on any atom is 0.337 e. The Morgan fingerprint density at radius 3 is 2.70 bits per heavy atom. The zero-order chi connectivity index (χ0) is 33.0. The quantitative estimate of drug-likeness (QED) is 0.260. The summed E-state index contributed by atoms with van der Waals surface area (Å²) in [5.41, 5.74) is 4.16. The molecule has 0 saturated carbocycles. The van der Waals surface area contributed by atoms with Crippen LogP contribution in [0.5, 0.6) is 5.75 Å². The van der Waals surface area contributed by atoms with E-state index in [1.54, 1.807) is 24.9 Å². The van der Waals surface area contributed by atoms with E-state index in [9.17, 15) is 9.90 Å². The molecule has 2 aliphatic heterocycles. The van der Waals surface area contributed by atoms with E-state index in [1.165, 1.54) is 6.07 Å². The highest BCUT2D eigenvalue weighted by Gasteiger charge is 2.43. The van der Waals surface area contributed by atoms with Crippen molar-refractivity contribution in [3.8, 4) is 17.6 Å². The zero-order valence-corrected chi connectivity index (χ0v) is 27.2. The Morgan fingerprint density at radius 2 is 2.00 bits per heavy atom. The number of fused-ring (bicyclic) bond motifs is 2. The highest BCUT2D eigenvalue weighted by atomic mass is 19.1. The van der Waals surface area contributed by atoms with Crippen LogP contribution in [0, 0.1) is 24.6 Å². The molecular weight excluding hydrogens is 585 g/mol. The van der Waals surface area contributed by atoms with Gasteiger partial charge in [0, 0.05) is 48.7 Å². The number of aromatic nitrogens is 4. The average molecular weight is 624 g/mol. The number of aliphatic carboxylic acids is 1. The van der Waals surface area contributed by atoms with Gasteiger partial charge in [0.25, 0.3) is 0 Å². The Balaban J connectivity index is 1.75. The summed E-state index contributed by atoms with van der Waals surface area (Å²) in [4.78, 5) is 27.0. The van der Waals surface area contributed by atoms with Gasteiger partial charge in [0.2, 0.25) is 0 Å². The number of nitrogens with one attached hydrogen (secondary N) is 1. The van der Waals surface area contributed by atoms with E-state index in [4.69, 9.17) is 9.47 Å². The lowest BCUT2D eigenvalue weighted by Gasteiger charge is -2.41. The molecule has 46 heavy (non-hydrogen) atoms. The van der Waals surface area contributed by atoms with Gasteiger partial charge >= 0.3 is 5.97 Å². The van der Waals surface area contributed by atoms with Crippen LogP contribution in [0.3, 0.4) is 0 Å². The molecule has 2 unspecified atom stereocenters. The van der Waals surface area contributed by atoms with Crippen molar-refractivity contribution in [1.29, 1.82) is 0 Å². The van der Waals surface area contributed by atoms with E-state index in [0.29, 0.717) is 46.4 Å². The number of hydrogen-bond acceptors (Lipinski definition) is 6. The lowest BCUT2D eigenvalue weighted by molar-refractivity contribution is -0.160. The molecule has 238 valence electrons. The minimum Gasteiger partial charge on any atom is -0.490 e. The van der Waals surface area contributed by atoms with Crippen molar-refractivity contribution in [1.82, 2.24) is 24.4 Å². The maximum absolute atomic E-state index is 16.1. The lowest BCUT2D eigenvalue weighted by atomic mass is 9.67. The summed E-state index contributed by atoms with van der Waals surface area (Å²) in [5, 5.41) is 11.3. The Kier molecular flexibility index (Phi) is 7.77. The largest absolute Gasteiger partial charge is 0.490 e. The van der Waals surface area contributed by atoms with E-state index < -0.39 is 28.9 Å². The van der Waals surface area contributed by atoms with Gasteiger partial charge in [0.15, 0.2) is 17.7 Å². The number of hydrogen-bond donors (Lipinski definition) is 2. The van der Waals surface area contributed by atoms with Gasteiger partial charge in [-0.15, -0.1) is 0 Å². The standard InChI is InChI=1S/C36H38FN5O4/c1-21-16-36(17-23(42(21)7)10-11-24-18-38-20-41(24)6,28-15-29(37)31-25(22(28)2)9-8-14-45-31)30-26-12-13-39-33(26)40-19-27(30)32(34(43)44)46-35(3,4)5/h12-13,15-20,32H,8-9,14H2,1-7H3,(H,39,40)(H,43,44). The molecule has 4 aromatic rings. The summed E-state index contributed by atoms with van der Waals surface area (Å²) in [6, 6.07) is 3.41. The number of allylic oxidation sites excluding steroid dienone is 4. The highest BCUT2D eigenvalue weighted by Crippen LogP contribution is 2.50. The SMILES string of the molecule is CC1=CC(c2cc(F)c3c(c2C)CCCO3)(c2c(C(OC(C)(C)C)C(=O)O)cnc3[nH]ccc23)C=C(C#Cc2cncn2C)N1C. The summed E-state index contributed by atoms with van der Waals surface area (Å²) in [6.45, 7) is 9.85. The van der Waals surface area contributed by atoms with E-state index in [-0.39, 0.29) is 5.75 Å². The van der Waals surface area contributed by atoms with Gasteiger partial charge in [0.05, 0.1) is 35.8 Å². The van der Waals surface area contributed by atoms with Crippen LogP contribution in [0.2, 0.25) is 0 Å². The lowest BCUT2D eigenvalue weighted by Crippen LogP contribution is -2.36. The van der Waals surface area contributed by atoms with Crippen LogP contribution in [0.1, 0.15) is 73.7 Å². The number of rotatable bonds is 5. The minimum absolute atomic E-state index is 0.276. The Bertz CT molecular complexity index is 1990. The van der Waals surface area contributed by atoms with Crippen LogP contribution in [0.15, 0.2) is 60.6 Å². The third-order valence-corrected chi connectivity index (χ3v) is 8.72. The summed E-state index contributed by atoms with van der Waals surface area (Å²) < 4.78 is 30.0. The smallest absolute Gasteiger partial charge is 0.337 e. The van der Waals surface area contributed by atoms with Crippen molar-refractivity contribution in [2.24, 2.45) is 7.05 Å². The number of ether oxygens (including phenoxy) is 2. The number of nitrogens with zero attached hydrogens (tertiary/aromatic N) is 4. The second-order valence-corrected chi connectivity index (χ2v) is 13.0. The Labute approximate surface area is 267 Å². The van der Waals surface area contributed by atoms with Crippen molar-refractivity contribution >= 4 is 17.0 Å². The monoisotopic (exact) mass is 623 g/mol. The molecule has 0 aliphatic carbocycles. The fraction of sp³-hybridized carbons (Fsp3) is 0.361. The molecule has 2 aliphatic rings. The van der Waals surface area contributed by atoms with Crippen molar-refractivity contribution in [2.75, 3.05) is 13.7 Å². The predicted molar refractivity (Wildman–Crippen MR) is 173 cm³/mol. The molecular formula is C36H38FN5O4. The zero-order valence-electron chi connectivity index (χ0n) is 27.2. The molecule has 10 heteroatoms. The first kappa shape index (κ1) is 31.1. The van der Waals surface area contributed by atoms with Crippen molar-refractivity contribution in [3.63, 3.8) is 0 Å². The van der Waals surface area contributed by atoms with Crippen LogP contribution in [-0.4, -0.2) is 54.8 Å². The van der Waals surface area contributed by atoms with Gasteiger partial charge < -0.3 is 29.0 Å². The van der Waals surface area contributed by atoms with Crippen molar-refractivity contribution in [2.45, 2.75) is 64.6 Å². The third kappa shape index (κ3) is 5.35. The molecule has 2 atom stereocenters. The van der Waals surface area contributed by atoms with Gasteiger partial charge in [-0.25, -0.2) is 19.2 Å². The molecule has 6 rings (SSSR count).